The van der Waals surface area contributed by atoms with Crippen molar-refractivity contribution < 1.29 is 104 Å². The molecule has 3 fully saturated rings. The third kappa shape index (κ3) is 40.6. The van der Waals surface area contributed by atoms with Gasteiger partial charge in [0.25, 0.3) is 5.79 Å². The lowest BCUT2D eigenvalue weighted by molar-refractivity contribution is -0.386. The number of aliphatic hydroxyl groups is 11. The van der Waals surface area contributed by atoms with Crippen molar-refractivity contribution in [2.24, 2.45) is 0 Å². The quantitative estimate of drug-likeness (QED) is 0.0199. The van der Waals surface area contributed by atoms with E-state index in [9.17, 15) is 75.7 Å². The molecule has 0 spiro atoms. The molecule has 23 nitrogen and oxygen atoms in total. The van der Waals surface area contributed by atoms with Crippen LogP contribution in [0.5, 0.6) is 0 Å². The van der Waals surface area contributed by atoms with Gasteiger partial charge in [-0.2, -0.15) is 0 Å². The Balaban J connectivity index is 1.42. The van der Waals surface area contributed by atoms with Gasteiger partial charge in [-0.15, -0.1) is 0 Å². The van der Waals surface area contributed by atoms with Crippen LogP contribution < -0.4 is 10.6 Å². The molecule has 3 aliphatic heterocycles. The number of allylic oxidation sites excluding steroid dienone is 5. The summed E-state index contributed by atoms with van der Waals surface area (Å²) in [4.78, 5) is 38.7. The second-order valence-electron chi connectivity index (χ2n) is 30.3. The van der Waals surface area contributed by atoms with Crippen LogP contribution in [0.25, 0.3) is 0 Å². The average Bonchev–Trinajstić information content (AvgIpc) is 0.755. The fourth-order valence-corrected chi connectivity index (χ4v) is 14.4. The maximum Gasteiger partial charge on any atom is 0.364 e. The number of hydrogen-bond donors (Lipinski definition) is 14. The van der Waals surface area contributed by atoms with Crippen molar-refractivity contribution in [1.82, 2.24) is 10.6 Å². The van der Waals surface area contributed by atoms with Gasteiger partial charge in [-0.25, -0.2) is 4.79 Å². The largest absolute Gasteiger partial charge is 0.477 e. The normalized spacial score (nSPS) is 26.4. The highest BCUT2D eigenvalue weighted by Crippen LogP contribution is 2.39. The molecule has 0 aromatic carbocycles. The van der Waals surface area contributed by atoms with Gasteiger partial charge >= 0.3 is 5.97 Å². The van der Waals surface area contributed by atoms with Crippen LogP contribution in [0.1, 0.15) is 329 Å². The Hall–Kier alpha value is -3.05. The Kier molecular flexibility index (Phi) is 55.5. The minimum atomic E-state index is -3.08. The van der Waals surface area contributed by atoms with E-state index >= 15 is 0 Å². The van der Waals surface area contributed by atoms with Gasteiger partial charge in [0.15, 0.2) is 12.6 Å². The second kappa shape index (κ2) is 60.6. The van der Waals surface area contributed by atoms with Gasteiger partial charge < -0.3 is 100 Å². The number of aliphatic carboxylic acids is 1. The molecule has 18 atom stereocenters. The Morgan fingerprint density at radius 3 is 1.34 bits per heavy atom. The van der Waals surface area contributed by atoms with Crippen LogP contribution in [0, 0.1) is 0 Å². The SMILES string of the molecule is CCCCCCCCCCCCCC/C=C/C(O)C(COC1OC(CO)C(OC2OC(CO)C(O)C(OC3(C(=O)O)CC(O)C(NC(C)=O)C(C(O)C(O)CO)O3)C2O)C(O)C1O)NC(=O)CCCCCCCCCCCCCCCCCCC/C=C\C/C=C\CCCCCCCCCCCCCCC. The highest BCUT2D eigenvalue weighted by atomic mass is 16.8. The first-order chi connectivity index (χ1) is 50.9. The van der Waals surface area contributed by atoms with Crippen molar-refractivity contribution in [3.63, 3.8) is 0 Å². The number of hydrogen-bond acceptors (Lipinski definition) is 20. The number of aliphatic hydroxyl groups excluding tert-OH is 11. The van der Waals surface area contributed by atoms with Crippen LogP contribution in [0.4, 0.5) is 0 Å². The fourth-order valence-electron chi connectivity index (χ4n) is 14.4. The molecule has 0 aromatic heterocycles. The summed E-state index contributed by atoms with van der Waals surface area (Å²) in [6.45, 7) is 2.16. The standard InChI is InChI=1S/C82H150N2O21/c1-4-6-8-10-12-14-16-18-20-21-22-23-24-25-26-27-28-29-30-31-32-33-34-35-36-37-38-39-40-41-42-44-46-48-50-52-54-56-69(92)84-63(64(89)55-53-51-49-47-45-43-19-17-15-13-11-9-7-5-2)61-100-79-74(96)73(95)76(68(60-87)102-79)103-80-75(97)78(72(94)67(59-86)101-80)105-82(81(98)99)57-65(90)70(83-62(3)88)77(104-82)71(93)66(91)58-85/h26-27,29-30,53,55,63-68,70-80,85-87,89-91,93-97H,4-25,28,31-52,54,56-61H2,1-3H3,(H,83,88)(H,84,92)(H,98,99)/b27-26-,30-29-,55-53+. The van der Waals surface area contributed by atoms with E-state index in [0.29, 0.717) is 12.8 Å². The summed E-state index contributed by atoms with van der Waals surface area (Å²) >= 11 is 0. The third-order valence-corrected chi connectivity index (χ3v) is 21.1. The van der Waals surface area contributed by atoms with Gasteiger partial charge in [0.2, 0.25) is 11.8 Å². The smallest absolute Gasteiger partial charge is 0.364 e. The predicted molar refractivity (Wildman–Crippen MR) is 407 cm³/mol. The summed E-state index contributed by atoms with van der Waals surface area (Å²) in [5.41, 5.74) is 0. The summed E-state index contributed by atoms with van der Waals surface area (Å²) in [7, 11) is 0. The van der Waals surface area contributed by atoms with E-state index in [1.54, 1.807) is 6.08 Å². The number of carbonyl (C=O) groups is 3. The topological polar surface area (TPSA) is 373 Å². The number of nitrogens with one attached hydrogen (secondary N) is 2. The summed E-state index contributed by atoms with van der Waals surface area (Å²) in [6.07, 6.45) is 40.7. The molecule has 3 aliphatic rings. The minimum Gasteiger partial charge on any atom is -0.477 e. The third-order valence-electron chi connectivity index (χ3n) is 21.1. The van der Waals surface area contributed by atoms with Crippen molar-refractivity contribution in [1.29, 1.82) is 0 Å². The second-order valence-corrected chi connectivity index (χ2v) is 30.3. The number of unbranched alkanes of at least 4 members (excludes halogenated alkanes) is 42. The van der Waals surface area contributed by atoms with Crippen LogP contribution in [0.15, 0.2) is 36.5 Å². The molecule has 23 heteroatoms. The van der Waals surface area contributed by atoms with Gasteiger partial charge in [0.05, 0.1) is 50.7 Å². The van der Waals surface area contributed by atoms with Gasteiger partial charge in [0, 0.05) is 19.8 Å². The van der Waals surface area contributed by atoms with Crippen molar-refractivity contribution in [2.75, 3.05) is 26.4 Å². The molecule has 0 bridgehead atoms. The molecule has 18 unspecified atom stereocenters. The maximum atomic E-state index is 13.5. The fraction of sp³-hybridized carbons (Fsp3) is 0.890. The number of carboxylic acid groups (broad SMARTS) is 1. The Morgan fingerprint density at radius 2 is 0.924 bits per heavy atom. The van der Waals surface area contributed by atoms with Crippen LogP contribution in [-0.4, -0.2) is 215 Å². The molecule has 0 aliphatic carbocycles. The molecular formula is C82H150N2O21. The molecule has 0 saturated carbocycles. The van der Waals surface area contributed by atoms with Crippen LogP contribution in [-0.2, 0) is 42.8 Å². The lowest BCUT2D eigenvalue weighted by atomic mass is 9.88. The first-order valence-corrected chi connectivity index (χ1v) is 41.9. The van der Waals surface area contributed by atoms with Gasteiger partial charge in [-0.3, -0.25) is 9.59 Å². The molecule has 3 saturated heterocycles. The van der Waals surface area contributed by atoms with E-state index in [2.05, 4.69) is 48.8 Å². The molecule has 0 radical (unpaired) electrons. The Morgan fingerprint density at radius 1 is 0.505 bits per heavy atom. The van der Waals surface area contributed by atoms with Crippen molar-refractivity contribution >= 4 is 17.8 Å². The number of carboxylic acids is 1. The number of ether oxygens (including phenoxy) is 6. The lowest BCUT2D eigenvalue weighted by Gasteiger charge is -2.50. The zero-order valence-electron chi connectivity index (χ0n) is 65.1. The highest BCUT2D eigenvalue weighted by Gasteiger charge is 2.60. The molecular weight excluding hydrogens is 1350 g/mol. The zero-order chi connectivity index (χ0) is 76.7. The predicted octanol–water partition coefficient (Wildman–Crippen LogP) is 11.7. The van der Waals surface area contributed by atoms with Crippen molar-refractivity contribution in [2.45, 2.75) is 439 Å². The molecule has 2 amide bonds. The first kappa shape index (κ1) is 96.2. The van der Waals surface area contributed by atoms with E-state index in [-0.39, 0.29) is 12.3 Å². The van der Waals surface area contributed by atoms with Crippen LogP contribution in [0.3, 0.4) is 0 Å². The molecule has 14 N–H and O–H groups in total. The molecule has 3 rings (SSSR count). The zero-order valence-corrected chi connectivity index (χ0v) is 65.1. The summed E-state index contributed by atoms with van der Waals surface area (Å²) < 4.78 is 34.9. The molecule has 3 heterocycles. The van der Waals surface area contributed by atoms with Gasteiger partial charge in [-0.1, -0.05) is 294 Å². The molecule has 614 valence electrons. The van der Waals surface area contributed by atoms with Crippen LogP contribution in [0.2, 0.25) is 0 Å². The van der Waals surface area contributed by atoms with E-state index < -0.39 is 155 Å². The highest BCUT2D eigenvalue weighted by molar-refractivity contribution is 5.77. The minimum absolute atomic E-state index is 0.201. The monoisotopic (exact) mass is 1500 g/mol. The molecule has 105 heavy (non-hydrogen) atoms. The van der Waals surface area contributed by atoms with Crippen LogP contribution >= 0.6 is 0 Å². The Labute approximate surface area is 631 Å². The Bertz CT molecular complexity index is 2230. The number of amides is 2. The summed E-state index contributed by atoms with van der Waals surface area (Å²) in [6, 6.07) is -2.62. The lowest BCUT2D eigenvalue weighted by Crippen LogP contribution is -2.70. The average molecular weight is 1500 g/mol. The van der Waals surface area contributed by atoms with E-state index in [0.717, 1.165) is 58.3 Å². The van der Waals surface area contributed by atoms with Gasteiger partial charge in [0.1, 0.15) is 67.1 Å². The van der Waals surface area contributed by atoms with E-state index in [1.165, 1.54) is 231 Å². The van der Waals surface area contributed by atoms with Gasteiger partial charge in [-0.05, 0) is 51.4 Å². The van der Waals surface area contributed by atoms with E-state index in [1.807, 2.05) is 6.08 Å². The first-order valence-electron chi connectivity index (χ1n) is 41.9. The molecule has 0 aromatic rings. The van der Waals surface area contributed by atoms with E-state index in [4.69, 9.17) is 28.4 Å². The summed E-state index contributed by atoms with van der Waals surface area (Å²) in [5.74, 6) is -6.14. The van der Waals surface area contributed by atoms with Crippen molar-refractivity contribution in [3.8, 4) is 0 Å². The maximum absolute atomic E-state index is 13.5. The number of rotatable bonds is 66. The van der Waals surface area contributed by atoms with Crippen molar-refractivity contribution in [3.05, 3.63) is 36.5 Å². The number of carbonyl (C=O) groups excluding carboxylic acids is 2. The summed E-state index contributed by atoms with van der Waals surface area (Å²) in [5, 5.41) is 136.